The first kappa shape index (κ1) is 7.92. The Kier molecular flexibility index (Phi) is 5.01. The highest BCUT2D eigenvalue weighted by molar-refractivity contribution is 4.58. The molecule has 2 nitrogen and oxygen atoms in total. The summed E-state index contributed by atoms with van der Waals surface area (Å²) in [5.41, 5.74) is 0. The van der Waals surface area contributed by atoms with E-state index in [0.29, 0.717) is 0 Å². The van der Waals surface area contributed by atoms with Gasteiger partial charge in [-0.05, 0) is 34.1 Å². The molecule has 0 aliphatic rings. The first-order chi connectivity index (χ1) is 3.77. The number of nitrogens with zero attached hydrogens (tertiary/aromatic N) is 1. The first-order valence-electron chi connectivity index (χ1n) is 2.91. The van der Waals surface area contributed by atoms with E-state index in [1.54, 1.807) is 0 Å². The van der Waals surface area contributed by atoms with Crippen LogP contribution in [0.2, 0.25) is 0 Å². The van der Waals surface area contributed by atoms with Crippen molar-refractivity contribution in [3.63, 3.8) is 0 Å². The van der Waals surface area contributed by atoms with Crippen LogP contribution in [0.25, 0.3) is 0 Å². The van der Waals surface area contributed by atoms with Gasteiger partial charge in [-0.1, -0.05) is 0 Å². The van der Waals surface area contributed by atoms with E-state index in [9.17, 15) is 0 Å². The summed E-state index contributed by atoms with van der Waals surface area (Å²) < 4.78 is 0. The Balaban J connectivity index is 2.72. The molecule has 0 aromatic carbocycles. The Morgan fingerprint density at radius 2 is 2.12 bits per heavy atom. The van der Waals surface area contributed by atoms with Gasteiger partial charge in [-0.25, -0.2) is 0 Å². The molecule has 0 fully saturated rings. The Hall–Kier alpha value is -0.0800. The zero-order valence-corrected chi connectivity index (χ0v) is 5.94. The normalized spacial score (nSPS) is 10.5. The molecule has 0 aromatic heterocycles. The minimum atomic E-state index is 1.11. The smallest absolute Gasteiger partial charge is 0.0230 e. The molecule has 0 aliphatic carbocycles. The van der Waals surface area contributed by atoms with E-state index in [4.69, 9.17) is 0 Å². The summed E-state index contributed by atoms with van der Waals surface area (Å²) in [5.74, 6) is 0. The molecule has 0 aromatic rings. The molecule has 0 atom stereocenters. The van der Waals surface area contributed by atoms with Gasteiger partial charge in [0.2, 0.25) is 0 Å². The zero-order valence-electron chi connectivity index (χ0n) is 5.94. The van der Waals surface area contributed by atoms with Crippen molar-refractivity contribution in [2.24, 2.45) is 0 Å². The Labute approximate surface area is 51.9 Å². The summed E-state index contributed by atoms with van der Waals surface area (Å²) in [4.78, 5) is 2.16. The van der Waals surface area contributed by atoms with Crippen molar-refractivity contribution >= 4 is 0 Å². The predicted octanol–water partition coefficient (Wildman–Crippen LogP) is 0.319. The van der Waals surface area contributed by atoms with Gasteiger partial charge in [-0.3, -0.25) is 0 Å². The van der Waals surface area contributed by atoms with Crippen LogP contribution < -0.4 is 5.32 Å². The van der Waals surface area contributed by atoms with Crippen LogP contribution in [0, 0.1) is 6.54 Å². The second-order valence-electron chi connectivity index (χ2n) is 2.08. The minimum Gasteiger partial charge on any atom is -0.315 e. The standard InChI is InChI=1S/C6H15N2/c1-7-5-4-6-8(2)3/h5,7H,4,6H2,1-3H3. The Morgan fingerprint density at radius 1 is 1.50 bits per heavy atom. The van der Waals surface area contributed by atoms with Crippen LogP contribution in [0.1, 0.15) is 6.42 Å². The van der Waals surface area contributed by atoms with E-state index in [0.717, 1.165) is 13.0 Å². The van der Waals surface area contributed by atoms with Gasteiger partial charge in [0.15, 0.2) is 0 Å². The fourth-order valence-electron chi connectivity index (χ4n) is 0.467. The quantitative estimate of drug-likeness (QED) is 0.531. The molecule has 49 valence electrons. The summed E-state index contributed by atoms with van der Waals surface area (Å²) in [5, 5.41) is 2.97. The predicted molar refractivity (Wildman–Crippen MR) is 36.5 cm³/mol. The average Bonchev–Trinajstić information content (AvgIpc) is 1.66. The molecule has 0 bridgehead atoms. The average molecular weight is 115 g/mol. The third-order valence-corrected chi connectivity index (χ3v) is 0.925. The molecule has 0 amide bonds. The maximum Gasteiger partial charge on any atom is 0.0230 e. The van der Waals surface area contributed by atoms with Crippen molar-refractivity contribution in [3.05, 3.63) is 6.54 Å². The van der Waals surface area contributed by atoms with Crippen LogP contribution >= 0.6 is 0 Å². The van der Waals surface area contributed by atoms with Crippen LogP contribution in [-0.2, 0) is 0 Å². The van der Waals surface area contributed by atoms with Gasteiger partial charge in [-0.2, -0.15) is 0 Å². The minimum absolute atomic E-state index is 1.11. The van der Waals surface area contributed by atoms with E-state index in [1.807, 2.05) is 7.05 Å². The number of hydrogen-bond donors (Lipinski definition) is 1. The molecule has 0 spiro atoms. The lowest BCUT2D eigenvalue weighted by Gasteiger charge is -2.06. The highest BCUT2D eigenvalue weighted by Crippen LogP contribution is 1.82. The van der Waals surface area contributed by atoms with E-state index in [2.05, 4.69) is 30.9 Å². The number of rotatable bonds is 4. The topological polar surface area (TPSA) is 15.3 Å². The van der Waals surface area contributed by atoms with Crippen LogP contribution in [0.5, 0.6) is 0 Å². The summed E-state index contributed by atoms with van der Waals surface area (Å²) in [6, 6.07) is 0. The molecule has 0 saturated heterocycles. The fourth-order valence-corrected chi connectivity index (χ4v) is 0.467. The Bertz CT molecular complexity index is 43.8. The van der Waals surface area contributed by atoms with Gasteiger partial charge in [0.05, 0.1) is 0 Å². The zero-order chi connectivity index (χ0) is 6.41. The molecule has 2 heteroatoms. The molecule has 1 radical (unpaired) electrons. The second-order valence-corrected chi connectivity index (χ2v) is 2.08. The van der Waals surface area contributed by atoms with Crippen molar-refractivity contribution in [3.8, 4) is 0 Å². The molecule has 0 aliphatic heterocycles. The lowest BCUT2D eigenvalue weighted by Crippen LogP contribution is -2.15. The van der Waals surface area contributed by atoms with Crippen LogP contribution in [-0.4, -0.2) is 32.6 Å². The van der Waals surface area contributed by atoms with Gasteiger partial charge in [0, 0.05) is 6.54 Å². The molecule has 8 heavy (non-hydrogen) atoms. The highest BCUT2D eigenvalue weighted by Gasteiger charge is 1.86. The maximum atomic E-state index is 2.97. The van der Waals surface area contributed by atoms with Gasteiger partial charge >= 0.3 is 0 Å². The second kappa shape index (κ2) is 5.06. The summed E-state index contributed by atoms with van der Waals surface area (Å²) in [6.07, 6.45) is 1.11. The van der Waals surface area contributed by atoms with Gasteiger partial charge in [0.25, 0.3) is 0 Å². The molecule has 1 N–H and O–H groups in total. The lowest BCUT2D eigenvalue weighted by atomic mass is 10.4. The van der Waals surface area contributed by atoms with Crippen molar-refractivity contribution in [1.82, 2.24) is 10.2 Å². The van der Waals surface area contributed by atoms with E-state index in [-0.39, 0.29) is 0 Å². The molecule has 0 unspecified atom stereocenters. The monoisotopic (exact) mass is 115 g/mol. The Morgan fingerprint density at radius 3 is 2.50 bits per heavy atom. The maximum absolute atomic E-state index is 2.97. The molecule has 0 saturated carbocycles. The number of nitrogens with one attached hydrogen (secondary N) is 1. The van der Waals surface area contributed by atoms with E-state index < -0.39 is 0 Å². The fraction of sp³-hybridized carbons (Fsp3) is 0.833. The van der Waals surface area contributed by atoms with Crippen molar-refractivity contribution in [2.75, 3.05) is 27.7 Å². The van der Waals surface area contributed by atoms with Crippen LogP contribution in [0.3, 0.4) is 0 Å². The van der Waals surface area contributed by atoms with E-state index >= 15 is 0 Å². The van der Waals surface area contributed by atoms with Crippen molar-refractivity contribution < 1.29 is 0 Å². The molecule has 0 heterocycles. The number of hydrogen-bond acceptors (Lipinski definition) is 2. The molecular formula is C6H15N2. The van der Waals surface area contributed by atoms with Gasteiger partial charge in [-0.15, -0.1) is 0 Å². The highest BCUT2D eigenvalue weighted by atomic mass is 15.0. The SMILES string of the molecule is CN[CH]CCN(C)C. The first-order valence-corrected chi connectivity index (χ1v) is 2.91. The summed E-state index contributed by atoms with van der Waals surface area (Å²) in [6.45, 7) is 3.18. The third-order valence-electron chi connectivity index (χ3n) is 0.925. The van der Waals surface area contributed by atoms with Crippen LogP contribution in [0.4, 0.5) is 0 Å². The van der Waals surface area contributed by atoms with E-state index in [1.165, 1.54) is 0 Å². The summed E-state index contributed by atoms with van der Waals surface area (Å²) in [7, 11) is 6.07. The van der Waals surface area contributed by atoms with Gasteiger partial charge in [0.1, 0.15) is 0 Å². The largest absolute Gasteiger partial charge is 0.315 e. The lowest BCUT2D eigenvalue weighted by molar-refractivity contribution is 0.408. The molecule has 0 rings (SSSR count). The molecular weight excluding hydrogens is 100 g/mol. The third kappa shape index (κ3) is 5.92. The van der Waals surface area contributed by atoms with Crippen molar-refractivity contribution in [1.29, 1.82) is 0 Å². The van der Waals surface area contributed by atoms with Gasteiger partial charge < -0.3 is 10.2 Å². The summed E-state index contributed by atoms with van der Waals surface area (Å²) >= 11 is 0. The van der Waals surface area contributed by atoms with Crippen molar-refractivity contribution in [2.45, 2.75) is 6.42 Å². The van der Waals surface area contributed by atoms with Crippen LogP contribution in [0.15, 0.2) is 0 Å².